The average molecular weight is 542 g/mol. The minimum absolute atomic E-state index is 0.0457. The van der Waals surface area contributed by atoms with Crippen LogP contribution >= 0.6 is 0 Å². The number of amides is 1. The van der Waals surface area contributed by atoms with Crippen molar-refractivity contribution in [1.29, 1.82) is 0 Å². The second kappa shape index (κ2) is 11.4. The quantitative estimate of drug-likeness (QED) is 0.413. The number of aromatic nitrogens is 4. The zero-order valence-corrected chi connectivity index (χ0v) is 23.7. The Bertz CT molecular complexity index is 1270. The van der Waals surface area contributed by atoms with Gasteiger partial charge in [0.15, 0.2) is 23.5 Å². The molecule has 12 nitrogen and oxygen atoms in total. The molecule has 1 saturated heterocycles. The summed E-state index contributed by atoms with van der Waals surface area (Å²) in [6.45, 7) is 11.3. The molecule has 1 aliphatic heterocycles. The fourth-order valence-electron chi connectivity index (χ4n) is 4.52. The number of methoxy groups -OCH3 is 1. The molecule has 2 aromatic heterocycles. The summed E-state index contributed by atoms with van der Waals surface area (Å²) < 4.78 is 25.5. The highest BCUT2D eigenvalue weighted by Gasteiger charge is 2.47. The number of benzene rings is 1. The zero-order valence-electron chi connectivity index (χ0n) is 23.7. The Morgan fingerprint density at radius 2 is 1.92 bits per heavy atom. The molecular formula is C27H39N7O5. The molecule has 1 aromatic carbocycles. The third kappa shape index (κ3) is 6.82. The number of nitrogen functional groups attached to an aromatic ring is 1. The minimum atomic E-state index is -0.855. The predicted molar refractivity (Wildman–Crippen MR) is 147 cm³/mol. The van der Waals surface area contributed by atoms with Gasteiger partial charge in [0.05, 0.1) is 6.33 Å². The molecule has 0 aliphatic carbocycles. The van der Waals surface area contributed by atoms with Crippen LogP contribution in [0.4, 0.5) is 16.3 Å². The maximum absolute atomic E-state index is 12.3. The number of hydrogen-bond donors (Lipinski definition) is 2. The van der Waals surface area contributed by atoms with E-state index in [0.717, 1.165) is 0 Å². The van der Waals surface area contributed by atoms with Gasteiger partial charge in [-0.15, -0.1) is 0 Å². The Hall–Kier alpha value is -3.32. The van der Waals surface area contributed by atoms with Crippen LogP contribution in [0.15, 0.2) is 36.9 Å². The highest BCUT2D eigenvalue weighted by molar-refractivity contribution is 5.84. The molecule has 3 aromatic rings. The third-order valence-corrected chi connectivity index (χ3v) is 6.63. The van der Waals surface area contributed by atoms with Crippen LogP contribution in [0, 0.1) is 0 Å². The topological polar surface area (TPSA) is 139 Å². The molecule has 1 fully saturated rings. The molecule has 0 bridgehead atoms. The van der Waals surface area contributed by atoms with Crippen LogP contribution in [0.3, 0.4) is 0 Å². The lowest BCUT2D eigenvalue weighted by molar-refractivity contribution is -0.161. The lowest BCUT2D eigenvalue weighted by atomic mass is 9.87. The van der Waals surface area contributed by atoms with Crippen molar-refractivity contribution in [3.63, 3.8) is 0 Å². The molecule has 3 N–H and O–H groups in total. The summed E-state index contributed by atoms with van der Waals surface area (Å²) >= 11 is 0. The summed E-state index contributed by atoms with van der Waals surface area (Å²) in [7, 11) is 3.56. The van der Waals surface area contributed by atoms with Crippen LogP contribution in [-0.2, 0) is 24.4 Å². The van der Waals surface area contributed by atoms with Gasteiger partial charge in [0.25, 0.3) is 0 Å². The van der Waals surface area contributed by atoms with E-state index in [0.29, 0.717) is 35.8 Å². The number of hydrogen-bond acceptors (Lipinski definition) is 10. The largest absolute Gasteiger partial charge is 0.448 e. The van der Waals surface area contributed by atoms with Crippen molar-refractivity contribution in [3.8, 4) is 0 Å². The summed E-state index contributed by atoms with van der Waals surface area (Å²) in [5.74, 6) is -0.561. The molecule has 39 heavy (non-hydrogen) atoms. The second-order valence-corrected chi connectivity index (χ2v) is 11.2. The van der Waals surface area contributed by atoms with Gasteiger partial charge in [-0.25, -0.2) is 19.7 Å². The number of carbonyl (C=O) groups excluding carboxylic acids is 1. The van der Waals surface area contributed by atoms with E-state index in [1.54, 1.807) is 18.0 Å². The fraction of sp³-hybridized carbons (Fsp3) is 0.556. The maximum atomic E-state index is 12.3. The van der Waals surface area contributed by atoms with E-state index in [1.165, 1.54) is 11.9 Å². The van der Waals surface area contributed by atoms with Crippen LogP contribution in [0.2, 0.25) is 0 Å². The molecule has 0 spiro atoms. The summed E-state index contributed by atoms with van der Waals surface area (Å²) in [5.41, 5.74) is 8.94. The Balaban J connectivity index is 1.33. The van der Waals surface area contributed by atoms with Gasteiger partial charge in [0.1, 0.15) is 30.7 Å². The fourth-order valence-corrected chi connectivity index (χ4v) is 4.52. The molecule has 3 heterocycles. The SMILES string of the molecule is CO[C@H](CN(C)CCOC(=O)Nc1ccc(C(C)(C)C)cc1)[C@H]1OC(C)(C)O[C@H]1n1cnc2c(N)ncnc21. The number of nitrogens with two attached hydrogens (primary N) is 1. The van der Waals surface area contributed by atoms with Crippen LogP contribution < -0.4 is 11.1 Å². The molecule has 12 heteroatoms. The van der Waals surface area contributed by atoms with Gasteiger partial charge in [-0.05, 0) is 44.0 Å². The van der Waals surface area contributed by atoms with Crippen molar-refractivity contribution in [2.45, 2.75) is 64.3 Å². The lowest BCUT2D eigenvalue weighted by Gasteiger charge is -2.29. The Kier molecular flexibility index (Phi) is 8.40. The van der Waals surface area contributed by atoms with Crippen molar-refractivity contribution < 1.29 is 23.7 Å². The van der Waals surface area contributed by atoms with Gasteiger partial charge in [-0.3, -0.25) is 9.88 Å². The first-order valence-corrected chi connectivity index (χ1v) is 12.9. The molecule has 212 valence electrons. The molecule has 0 radical (unpaired) electrons. The number of carbonyl (C=O) groups is 1. The molecule has 1 aliphatic rings. The molecule has 4 rings (SSSR count). The number of anilines is 2. The molecular weight excluding hydrogens is 502 g/mol. The highest BCUT2D eigenvalue weighted by atomic mass is 16.8. The van der Waals surface area contributed by atoms with Crippen molar-refractivity contribution in [1.82, 2.24) is 24.4 Å². The van der Waals surface area contributed by atoms with E-state index in [-0.39, 0.29) is 18.1 Å². The molecule has 0 unspecified atom stereocenters. The van der Waals surface area contributed by atoms with Crippen molar-refractivity contribution in [2.24, 2.45) is 0 Å². The summed E-state index contributed by atoms with van der Waals surface area (Å²) in [5, 5.41) is 2.77. The smallest absolute Gasteiger partial charge is 0.411 e. The van der Waals surface area contributed by atoms with E-state index in [1.807, 2.05) is 50.1 Å². The minimum Gasteiger partial charge on any atom is -0.448 e. The number of rotatable bonds is 9. The van der Waals surface area contributed by atoms with E-state index in [9.17, 15) is 4.79 Å². The monoisotopic (exact) mass is 541 g/mol. The van der Waals surface area contributed by atoms with Crippen molar-refractivity contribution in [3.05, 3.63) is 42.5 Å². The first kappa shape index (κ1) is 28.7. The molecule has 0 saturated carbocycles. The van der Waals surface area contributed by atoms with Crippen molar-refractivity contribution >= 4 is 28.8 Å². The average Bonchev–Trinajstić information content (AvgIpc) is 3.43. The second-order valence-electron chi connectivity index (χ2n) is 11.2. The van der Waals surface area contributed by atoms with Gasteiger partial charge in [0.2, 0.25) is 0 Å². The highest BCUT2D eigenvalue weighted by Crippen LogP contribution is 2.38. The summed E-state index contributed by atoms with van der Waals surface area (Å²) in [6.07, 6.45) is 1.12. The summed E-state index contributed by atoms with van der Waals surface area (Å²) in [6, 6.07) is 7.77. The van der Waals surface area contributed by atoms with E-state index in [2.05, 4.69) is 41.0 Å². The van der Waals surface area contributed by atoms with Gasteiger partial charge < -0.3 is 29.6 Å². The molecule has 3 atom stereocenters. The lowest BCUT2D eigenvalue weighted by Crippen LogP contribution is -2.43. The number of imidazole rings is 1. The first-order valence-electron chi connectivity index (χ1n) is 12.9. The third-order valence-electron chi connectivity index (χ3n) is 6.63. The summed E-state index contributed by atoms with van der Waals surface area (Å²) in [4.78, 5) is 27.0. The predicted octanol–water partition coefficient (Wildman–Crippen LogP) is 3.55. The van der Waals surface area contributed by atoms with E-state index in [4.69, 9.17) is 24.7 Å². The normalized spacial score (nSPS) is 19.9. The number of likely N-dealkylation sites (N-methyl/N-ethyl adjacent to an activating group) is 1. The van der Waals surface area contributed by atoms with Gasteiger partial charge in [0, 0.05) is 25.9 Å². The van der Waals surface area contributed by atoms with E-state index >= 15 is 0 Å². The maximum Gasteiger partial charge on any atom is 0.411 e. The van der Waals surface area contributed by atoms with Crippen LogP contribution in [-0.4, -0.2) is 82.4 Å². The van der Waals surface area contributed by atoms with Crippen LogP contribution in [0.5, 0.6) is 0 Å². The number of nitrogens with zero attached hydrogens (tertiary/aromatic N) is 5. The Labute approximate surface area is 228 Å². The number of nitrogens with one attached hydrogen (secondary N) is 1. The van der Waals surface area contributed by atoms with Crippen LogP contribution in [0.25, 0.3) is 11.2 Å². The van der Waals surface area contributed by atoms with Crippen LogP contribution in [0.1, 0.15) is 46.4 Å². The Morgan fingerprint density at radius 1 is 1.21 bits per heavy atom. The van der Waals surface area contributed by atoms with Gasteiger partial charge in [-0.2, -0.15) is 0 Å². The number of ether oxygens (including phenoxy) is 4. The standard InChI is InChI=1S/C27H39N7O5/c1-26(2,3)17-8-10-18(11-9-17)32-25(35)37-13-12-33(6)14-19(36-7)21-24(39-27(4,5)38-21)34-16-31-20-22(28)29-15-30-23(20)34/h8-11,15-16,19,21,24H,12-14H2,1-7H3,(H,32,35)(H2,28,29,30)/t19-,21-,24-/m1/s1. The Morgan fingerprint density at radius 3 is 2.59 bits per heavy atom. The number of fused-ring (bicyclic) bond motifs is 1. The zero-order chi connectivity index (χ0) is 28.4. The molecule has 1 amide bonds. The van der Waals surface area contributed by atoms with E-state index < -0.39 is 24.2 Å². The van der Waals surface area contributed by atoms with Gasteiger partial charge in [-0.1, -0.05) is 32.9 Å². The van der Waals surface area contributed by atoms with Crippen molar-refractivity contribution in [2.75, 3.05) is 44.9 Å². The first-order chi connectivity index (χ1) is 18.4. The van der Waals surface area contributed by atoms with Gasteiger partial charge >= 0.3 is 6.09 Å².